The van der Waals surface area contributed by atoms with Gasteiger partial charge in [0.2, 0.25) is 6.79 Å². The van der Waals surface area contributed by atoms with Gasteiger partial charge in [0, 0.05) is 28.4 Å². The number of hydrogen-bond donors (Lipinski definition) is 1. The van der Waals surface area contributed by atoms with Gasteiger partial charge in [0.05, 0.1) is 10.4 Å². The molecule has 2 heterocycles. The number of ketones is 1. The molecule has 2 aliphatic rings. The summed E-state index contributed by atoms with van der Waals surface area (Å²) in [6, 6.07) is 12.0. The first-order valence-corrected chi connectivity index (χ1v) is 10.4. The van der Waals surface area contributed by atoms with E-state index in [1.807, 2.05) is 30.3 Å². The van der Waals surface area contributed by atoms with Gasteiger partial charge in [-0.05, 0) is 48.2 Å². The molecule has 1 aliphatic carbocycles. The van der Waals surface area contributed by atoms with Gasteiger partial charge in [0.15, 0.2) is 11.5 Å². The molecule has 1 fully saturated rings. The minimum Gasteiger partial charge on any atom is -0.454 e. The summed E-state index contributed by atoms with van der Waals surface area (Å²) in [4.78, 5) is 16.7. The minimum absolute atomic E-state index is 0.0660. The Labute approximate surface area is 175 Å². The predicted molar refractivity (Wildman–Crippen MR) is 114 cm³/mol. The van der Waals surface area contributed by atoms with Crippen LogP contribution in [0.25, 0.3) is 10.9 Å². The van der Waals surface area contributed by atoms with Crippen molar-refractivity contribution < 1.29 is 14.3 Å². The molecule has 4 nitrogen and oxygen atoms in total. The molecule has 1 N–H and O–H groups in total. The van der Waals surface area contributed by atoms with Crippen LogP contribution in [0, 0.1) is 0 Å². The third kappa shape index (κ3) is 3.01. The Morgan fingerprint density at radius 3 is 2.59 bits per heavy atom. The van der Waals surface area contributed by atoms with Crippen LogP contribution < -0.4 is 9.47 Å². The second kappa shape index (κ2) is 6.27. The third-order valence-corrected chi connectivity index (χ3v) is 6.52. The highest BCUT2D eigenvalue weighted by Crippen LogP contribution is 2.51. The van der Waals surface area contributed by atoms with Crippen molar-refractivity contribution in [2.24, 2.45) is 0 Å². The Hall–Kier alpha value is -2.46. The number of hydrogen-bond acceptors (Lipinski definition) is 3. The lowest BCUT2D eigenvalue weighted by Gasteiger charge is -2.17. The normalized spacial score (nSPS) is 17.0. The smallest absolute Gasteiger partial charge is 0.231 e. The van der Waals surface area contributed by atoms with Crippen LogP contribution in [0.5, 0.6) is 11.5 Å². The van der Waals surface area contributed by atoms with Gasteiger partial charge in [0.1, 0.15) is 5.78 Å². The van der Waals surface area contributed by atoms with Crippen molar-refractivity contribution in [2.75, 3.05) is 6.79 Å². The van der Waals surface area contributed by atoms with Crippen molar-refractivity contribution in [1.82, 2.24) is 4.98 Å². The first kappa shape index (κ1) is 18.6. The molecule has 0 unspecified atom stereocenters. The average Bonchev–Trinajstić information content (AvgIpc) is 3.24. The molecule has 0 saturated heterocycles. The van der Waals surface area contributed by atoms with Crippen LogP contribution in [0.3, 0.4) is 0 Å². The minimum atomic E-state index is -0.394. The van der Waals surface area contributed by atoms with Crippen LogP contribution in [0.4, 0.5) is 0 Å². The largest absolute Gasteiger partial charge is 0.454 e. The van der Waals surface area contributed by atoms with E-state index in [-0.39, 0.29) is 18.0 Å². The number of halogens is 1. The van der Waals surface area contributed by atoms with E-state index < -0.39 is 5.41 Å². The van der Waals surface area contributed by atoms with Crippen molar-refractivity contribution >= 4 is 28.3 Å². The van der Waals surface area contributed by atoms with E-state index in [0.717, 1.165) is 57.1 Å². The summed E-state index contributed by atoms with van der Waals surface area (Å²) >= 11 is 6.66. The Morgan fingerprint density at radius 2 is 1.86 bits per heavy atom. The number of aromatic amines is 1. The molecule has 0 amide bonds. The zero-order valence-corrected chi connectivity index (χ0v) is 17.7. The summed E-state index contributed by atoms with van der Waals surface area (Å²) in [5, 5.41) is 1.73. The SMILES string of the molecule is CC(C)(C)c1[nH]c2ccc(CC(=O)C3(c4ccc5c(c4)OCO5)CC3)cc2c1Cl. The lowest BCUT2D eigenvalue weighted by atomic mass is 9.87. The van der Waals surface area contributed by atoms with Gasteiger partial charge in [-0.15, -0.1) is 0 Å². The lowest BCUT2D eigenvalue weighted by molar-refractivity contribution is -0.120. The van der Waals surface area contributed by atoms with E-state index in [1.165, 1.54) is 0 Å². The molecular weight excluding hydrogens is 386 g/mol. The Balaban J connectivity index is 1.43. The fourth-order valence-corrected chi connectivity index (χ4v) is 4.72. The summed E-state index contributed by atoms with van der Waals surface area (Å²) in [6.45, 7) is 6.65. The number of nitrogens with one attached hydrogen (secondary N) is 1. The standard InChI is InChI=1S/C24H24ClNO3/c1-23(2,3)22-21(25)16-10-14(4-6-17(16)26-22)11-20(27)24(8-9-24)15-5-7-18-19(12-15)29-13-28-18/h4-7,10,12,26H,8-9,11,13H2,1-3H3. The van der Waals surface area contributed by atoms with E-state index in [9.17, 15) is 4.79 Å². The van der Waals surface area contributed by atoms with Gasteiger partial charge in [0.25, 0.3) is 0 Å². The second-order valence-electron chi connectivity index (χ2n) is 9.19. The van der Waals surface area contributed by atoms with Crippen LogP contribution in [0.1, 0.15) is 50.4 Å². The summed E-state index contributed by atoms with van der Waals surface area (Å²) < 4.78 is 10.9. The first-order valence-electron chi connectivity index (χ1n) is 10.0. The van der Waals surface area contributed by atoms with Crippen LogP contribution in [0.2, 0.25) is 5.02 Å². The molecule has 0 atom stereocenters. The van der Waals surface area contributed by atoms with Gasteiger partial charge in [-0.3, -0.25) is 4.79 Å². The molecule has 2 aromatic carbocycles. The maximum absolute atomic E-state index is 13.3. The van der Waals surface area contributed by atoms with E-state index in [0.29, 0.717) is 6.42 Å². The number of fused-ring (bicyclic) bond motifs is 2. The van der Waals surface area contributed by atoms with Crippen molar-refractivity contribution in [3.05, 3.63) is 58.2 Å². The molecule has 5 heteroatoms. The van der Waals surface area contributed by atoms with Gasteiger partial charge >= 0.3 is 0 Å². The summed E-state index contributed by atoms with van der Waals surface area (Å²) in [7, 11) is 0. The molecule has 29 heavy (non-hydrogen) atoms. The highest BCUT2D eigenvalue weighted by molar-refractivity contribution is 6.36. The highest BCUT2D eigenvalue weighted by Gasteiger charge is 2.50. The summed E-state index contributed by atoms with van der Waals surface area (Å²) in [5.41, 5.74) is 3.60. The number of carbonyl (C=O) groups excluding carboxylic acids is 1. The maximum Gasteiger partial charge on any atom is 0.231 e. The Morgan fingerprint density at radius 1 is 1.10 bits per heavy atom. The number of aromatic nitrogens is 1. The summed E-state index contributed by atoms with van der Waals surface area (Å²) in [5.74, 6) is 1.73. The monoisotopic (exact) mass is 409 g/mol. The molecular formula is C24H24ClNO3. The zero-order chi connectivity index (χ0) is 20.4. The fraction of sp³-hybridized carbons (Fsp3) is 0.375. The number of Topliss-reactive ketones (excluding diaryl/α,β-unsaturated/α-hetero) is 1. The Bertz CT molecular complexity index is 1130. The zero-order valence-electron chi connectivity index (χ0n) is 16.9. The van der Waals surface area contributed by atoms with Crippen LogP contribution >= 0.6 is 11.6 Å². The number of H-pyrrole nitrogens is 1. The topological polar surface area (TPSA) is 51.3 Å². The van der Waals surface area contributed by atoms with E-state index in [4.69, 9.17) is 21.1 Å². The number of benzene rings is 2. The van der Waals surface area contributed by atoms with Gasteiger partial charge in [-0.2, -0.15) is 0 Å². The van der Waals surface area contributed by atoms with Crippen molar-refractivity contribution in [2.45, 2.75) is 50.9 Å². The van der Waals surface area contributed by atoms with Crippen molar-refractivity contribution in [1.29, 1.82) is 0 Å². The number of ether oxygens (including phenoxy) is 2. The van der Waals surface area contributed by atoms with E-state index in [2.05, 4.69) is 31.8 Å². The molecule has 5 rings (SSSR count). The highest BCUT2D eigenvalue weighted by atomic mass is 35.5. The van der Waals surface area contributed by atoms with E-state index in [1.54, 1.807) is 0 Å². The molecule has 1 aromatic heterocycles. The molecule has 0 radical (unpaired) electrons. The second-order valence-corrected chi connectivity index (χ2v) is 9.57. The lowest BCUT2D eigenvalue weighted by Crippen LogP contribution is -2.22. The molecule has 150 valence electrons. The Kier molecular flexibility index (Phi) is 4.01. The first-order chi connectivity index (χ1) is 13.8. The van der Waals surface area contributed by atoms with Crippen LogP contribution in [-0.4, -0.2) is 17.6 Å². The van der Waals surface area contributed by atoms with Crippen LogP contribution in [0.15, 0.2) is 36.4 Å². The van der Waals surface area contributed by atoms with Gasteiger partial charge in [-0.25, -0.2) is 0 Å². The van der Waals surface area contributed by atoms with Crippen molar-refractivity contribution in [3.63, 3.8) is 0 Å². The molecule has 0 bridgehead atoms. The third-order valence-electron chi connectivity index (χ3n) is 6.12. The molecule has 1 saturated carbocycles. The van der Waals surface area contributed by atoms with Crippen molar-refractivity contribution in [3.8, 4) is 11.5 Å². The number of carbonyl (C=O) groups is 1. The predicted octanol–water partition coefficient (Wildman–Crippen LogP) is 5.69. The molecule has 3 aromatic rings. The average molecular weight is 410 g/mol. The van der Waals surface area contributed by atoms with Gasteiger partial charge in [-0.1, -0.05) is 44.5 Å². The molecule has 1 aliphatic heterocycles. The molecule has 0 spiro atoms. The van der Waals surface area contributed by atoms with Gasteiger partial charge < -0.3 is 14.5 Å². The fourth-order valence-electron chi connectivity index (χ4n) is 4.24. The maximum atomic E-state index is 13.3. The number of rotatable bonds is 4. The quantitative estimate of drug-likeness (QED) is 0.602. The summed E-state index contributed by atoms with van der Waals surface area (Å²) in [6.07, 6.45) is 2.16. The van der Waals surface area contributed by atoms with Crippen LogP contribution in [-0.2, 0) is 22.0 Å². The van der Waals surface area contributed by atoms with E-state index >= 15 is 0 Å².